The third kappa shape index (κ3) is 1.60. The molecule has 2 heteroatoms. The van der Waals surface area contributed by atoms with E-state index in [0.29, 0.717) is 12.2 Å². The molecule has 0 saturated heterocycles. The number of aliphatic hydroxyl groups excluding tert-OH is 1. The van der Waals surface area contributed by atoms with Crippen molar-refractivity contribution in [2.75, 3.05) is 0 Å². The molecule has 2 aliphatic carbocycles. The largest absolute Gasteiger partial charge is 0.392 e. The van der Waals surface area contributed by atoms with Gasteiger partial charge in [-0.1, -0.05) is 19.3 Å². The number of ketones is 1. The smallest absolute Gasteiger partial charge is 0.141 e. The fourth-order valence-corrected chi connectivity index (χ4v) is 3.14. The van der Waals surface area contributed by atoms with Gasteiger partial charge in [0.25, 0.3) is 0 Å². The van der Waals surface area contributed by atoms with Crippen molar-refractivity contribution in [3.8, 4) is 0 Å². The number of hydrogen-bond donors (Lipinski definition) is 1. The van der Waals surface area contributed by atoms with E-state index in [4.69, 9.17) is 0 Å². The first-order valence-electron chi connectivity index (χ1n) is 5.97. The summed E-state index contributed by atoms with van der Waals surface area (Å²) in [6.07, 6.45) is 8.71. The van der Waals surface area contributed by atoms with Gasteiger partial charge in [0.2, 0.25) is 0 Å². The molecule has 1 spiro atoms. The van der Waals surface area contributed by atoms with Gasteiger partial charge < -0.3 is 5.11 Å². The molecule has 0 aliphatic heterocycles. The summed E-state index contributed by atoms with van der Waals surface area (Å²) < 4.78 is 0. The summed E-state index contributed by atoms with van der Waals surface area (Å²) >= 11 is 0. The Labute approximate surface area is 85.7 Å². The summed E-state index contributed by atoms with van der Waals surface area (Å²) in [5, 5.41) is 9.97. The number of aliphatic hydroxyl groups is 1. The van der Waals surface area contributed by atoms with Gasteiger partial charge in [-0.05, 0) is 32.1 Å². The number of hydrogen-bond acceptors (Lipinski definition) is 2. The van der Waals surface area contributed by atoms with Gasteiger partial charge in [-0.3, -0.25) is 4.79 Å². The maximum absolute atomic E-state index is 12.0. The van der Waals surface area contributed by atoms with Crippen LogP contribution in [0.3, 0.4) is 0 Å². The van der Waals surface area contributed by atoms with Gasteiger partial charge in [0.05, 0.1) is 11.5 Å². The van der Waals surface area contributed by atoms with E-state index in [9.17, 15) is 9.90 Å². The second-order valence-electron chi connectivity index (χ2n) is 4.90. The van der Waals surface area contributed by atoms with E-state index in [-0.39, 0.29) is 11.5 Å². The van der Waals surface area contributed by atoms with E-state index in [1.54, 1.807) is 0 Å². The fraction of sp³-hybridized carbons (Fsp3) is 0.917. The fourth-order valence-electron chi connectivity index (χ4n) is 3.14. The third-order valence-electron chi connectivity index (χ3n) is 4.07. The number of rotatable bonds is 0. The maximum atomic E-state index is 12.0. The first-order valence-corrected chi connectivity index (χ1v) is 5.97. The molecular formula is C12H20O2. The van der Waals surface area contributed by atoms with Crippen molar-refractivity contribution in [2.45, 2.75) is 63.9 Å². The van der Waals surface area contributed by atoms with Crippen molar-refractivity contribution < 1.29 is 9.90 Å². The van der Waals surface area contributed by atoms with Crippen molar-refractivity contribution in [1.82, 2.24) is 0 Å². The highest BCUT2D eigenvalue weighted by Gasteiger charge is 2.46. The van der Waals surface area contributed by atoms with Crippen LogP contribution in [0.2, 0.25) is 0 Å². The van der Waals surface area contributed by atoms with Gasteiger partial charge in [-0.2, -0.15) is 0 Å². The Morgan fingerprint density at radius 2 is 1.79 bits per heavy atom. The molecule has 0 aromatic carbocycles. The topological polar surface area (TPSA) is 37.3 Å². The first-order chi connectivity index (χ1) is 6.76. The van der Waals surface area contributed by atoms with E-state index in [0.717, 1.165) is 38.5 Å². The van der Waals surface area contributed by atoms with E-state index >= 15 is 0 Å². The Morgan fingerprint density at radius 1 is 1.07 bits per heavy atom. The van der Waals surface area contributed by atoms with Crippen LogP contribution >= 0.6 is 0 Å². The molecule has 2 fully saturated rings. The molecule has 0 aromatic rings. The second kappa shape index (κ2) is 4.01. The normalized spacial score (nSPS) is 39.8. The van der Waals surface area contributed by atoms with E-state index in [1.165, 1.54) is 12.8 Å². The highest BCUT2D eigenvalue weighted by atomic mass is 16.3. The lowest BCUT2D eigenvalue weighted by atomic mass is 9.72. The minimum Gasteiger partial charge on any atom is -0.392 e. The van der Waals surface area contributed by atoms with Gasteiger partial charge in [-0.25, -0.2) is 0 Å². The predicted molar refractivity (Wildman–Crippen MR) is 55.0 cm³/mol. The molecule has 2 rings (SSSR count). The Kier molecular flexibility index (Phi) is 2.91. The molecule has 0 unspecified atom stereocenters. The molecular weight excluding hydrogens is 176 g/mol. The van der Waals surface area contributed by atoms with Crippen molar-refractivity contribution in [3.05, 3.63) is 0 Å². The highest BCUT2D eigenvalue weighted by Crippen LogP contribution is 2.45. The van der Waals surface area contributed by atoms with E-state index in [1.807, 2.05) is 0 Å². The SMILES string of the molecule is O=C1CCCCCC[C@@]12CCC[C@H]2O. The second-order valence-corrected chi connectivity index (χ2v) is 4.90. The van der Waals surface area contributed by atoms with Crippen LogP contribution in [0.4, 0.5) is 0 Å². The molecule has 0 amide bonds. The molecule has 2 aliphatic rings. The van der Waals surface area contributed by atoms with Crippen LogP contribution in [-0.2, 0) is 4.79 Å². The van der Waals surface area contributed by atoms with E-state index < -0.39 is 0 Å². The third-order valence-corrected chi connectivity index (χ3v) is 4.07. The summed E-state index contributed by atoms with van der Waals surface area (Å²) in [5.74, 6) is 0.349. The van der Waals surface area contributed by atoms with Gasteiger partial charge in [0.1, 0.15) is 5.78 Å². The quantitative estimate of drug-likeness (QED) is 0.646. The lowest BCUT2D eigenvalue weighted by molar-refractivity contribution is -0.135. The van der Waals surface area contributed by atoms with Crippen molar-refractivity contribution >= 4 is 5.78 Å². The van der Waals surface area contributed by atoms with Crippen LogP contribution in [-0.4, -0.2) is 17.0 Å². The summed E-state index contributed by atoms with van der Waals surface area (Å²) in [6, 6.07) is 0. The van der Waals surface area contributed by atoms with Crippen LogP contribution in [0.1, 0.15) is 57.8 Å². The summed E-state index contributed by atoms with van der Waals surface area (Å²) in [4.78, 5) is 12.0. The molecule has 0 radical (unpaired) electrons. The van der Waals surface area contributed by atoms with Crippen LogP contribution in [0.5, 0.6) is 0 Å². The average molecular weight is 196 g/mol. The predicted octanol–water partition coefficient (Wildman–Crippen LogP) is 2.44. The Balaban J connectivity index is 2.15. The average Bonchev–Trinajstić information content (AvgIpc) is 2.52. The molecule has 0 bridgehead atoms. The van der Waals surface area contributed by atoms with Gasteiger partial charge in [0.15, 0.2) is 0 Å². The van der Waals surface area contributed by atoms with E-state index in [2.05, 4.69) is 0 Å². The minimum absolute atomic E-state index is 0.319. The van der Waals surface area contributed by atoms with Crippen LogP contribution < -0.4 is 0 Å². The Morgan fingerprint density at radius 3 is 2.50 bits per heavy atom. The zero-order valence-electron chi connectivity index (χ0n) is 8.80. The number of carbonyl (C=O) groups is 1. The van der Waals surface area contributed by atoms with Crippen LogP contribution in [0.25, 0.3) is 0 Å². The molecule has 14 heavy (non-hydrogen) atoms. The molecule has 0 heterocycles. The molecule has 2 saturated carbocycles. The monoisotopic (exact) mass is 196 g/mol. The lowest BCUT2D eigenvalue weighted by Crippen LogP contribution is -2.39. The minimum atomic E-state index is -0.340. The Hall–Kier alpha value is -0.370. The summed E-state index contributed by atoms with van der Waals surface area (Å²) in [7, 11) is 0. The van der Waals surface area contributed by atoms with Crippen molar-refractivity contribution in [2.24, 2.45) is 5.41 Å². The zero-order valence-corrected chi connectivity index (χ0v) is 8.80. The molecule has 80 valence electrons. The number of Topliss-reactive ketones (excluding diaryl/α,β-unsaturated/α-hetero) is 1. The maximum Gasteiger partial charge on any atom is 0.141 e. The van der Waals surface area contributed by atoms with Gasteiger partial charge >= 0.3 is 0 Å². The standard InChI is InChI=1S/C12H20O2/c13-10-6-3-1-2-4-8-12(10)9-5-7-11(12)14/h11,14H,1-9H2/t11-,12-/m1/s1. The molecule has 2 atom stereocenters. The Bertz CT molecular complexity index is 224. The summed E-state index contributed by atoms with van der Waals surface area (Å²) in [5.41, 5.74) is -0.319. The highest BCUT2D eigenvalue weighted by molar-refractivity contribution is 5.85. The summed E-state index contributed by atoms with van der Waals surface area (Å²) in [6.45, 7) is 0. The molecule has 2 nitrogen and oxygen atoms in total. The number of carbonyl (C=O) groups excluding carboxylic acids is 1. The van der Waals surface area contributed by atoms with Gasteiger partial charge in [-0.15, -0.1) is 0 Å². The molecule has 0 aromatic heterocycles. The zero-order chi connectivity index (χ0) is 10.0. The van der Waals surface area contributed by atoms with Crippen molar-refractivity contribution in [3.63, 3.8) is 0 Å². The van der Waals surface area contributed by atoms with Gasteiger partial charge in [0, 0.05) is 6.42 Å². The van der Waals surface area contributed by atoms with Crippen LogP contribution in [0, 0.1) is 5.41 Å². The first kappa shape index (κ1) is 10.2. The lowest BCUT2D eigenvalue weighted by Gasteiger charge is -2.32. The van der Waals surface area contributed by atoms with Crippen LogP contribution in [0.15, 0.2) is 0 Å². The van der Waals surface area contributed by atoms with Crippen molar-refractivity contribution in [1.29, 1.82) is 0 Å². The molecule has 1 N–H and O–H groups in total.